The predicted molar refractivity (Wildman–Crippen MR) is 68.9 cm³/mol. The zero-order valence-corrected chi connectivity index (χ0v) is 10.5. The lowest BCUT2D eigenvalue weighted by atomic mass is 9.82. The zero-order valence-electron chi connectivity index (χ0n) is 10.5. The van der Waals surface area contributed by atoms with Gasteiger partial charge in [-0.3, -0.25) is 4.79 Å². The van der Waals surface area contributed by atoms with Crippen LogP contribution >= 0.6 is 0 Å². The van der Waals surface area contributed by atoms with Crippen molar-refractivity contribution in [1.82, 2.24) is 10.6 Å². The van der Waals surface area contributed by atoms with Crippen molar-refractivity contribution >= 4 is 5.91 Å². The van der Waals surface area contributed by atoms with Crippen molar-refractivity contribution in [2.45, 2.75) is 32.4 Å². The molecule has 3 nitrogen and oxygen atoms in total. The monoisotopic (exact) mass is 232 g/mol. The average Bonchev–Trinajstić information content (AvgIpc) is 2.33. The summed E-state index contributed by atoms with van der Waals surface area (Å²) in [6.07, 6.45) is 2.58. The molecule has 1 aromatic rings. The smallest absolute Gasteiger partial charge is 0.251 e. The minimum Gasteiger partial charge on any atom is -0.355 e. The zero-order chi connectivity index (χ0) is 12.3. The van der Waals surface area contributed by atoms with Crippen molar-refractivity contribution < 1.29 is 4.79 Å². The summed E-state index contributed by atoms with van der Waals surface area (Å²) in [5.74, 6) is 0.848. The lowest BCUT2D eigenvalue weighted by Gasteiger charge is -2.33. The van der Waals surface area contributed by atoms with Crippen LogP contribution in [0.3, 0.4) is 0 Å². The summed E-state index contributed by atoms with van der Waals surface area (Å²) >= 11 is 0. The number of carbonyl (C=O) groups is 1. The van der Waals surface area contributed by atoms with Crippen LogP contribution in [0.25, 0.3) is 0 Å². The fourth-order valence-corrected chi connectivity index (χ4v) is 2.25. The molecular formula is C14H20N2O. The summed E-state index contributed by atoms with van der Waals surface area (Å²) in [6, 6.07) is 8.46. The van der Waals surface area contributed by atoms with E-state index < -0.39 is 0 Å². The van der Waals surface area contributed by atoms with Crippen molar-refractivity contribution in [1.29, 1.82) is 0 Å². The molecule has 1 aliphatic rings. The number of benzene rings is 1. The van der Waals surface area contributed by atoms with Crippen LogP contribution in [0, 0.1) is 5.92 Å². The largest absolute Gasteiger partial charge is 0.355 e. The van der Waals surface area contributed by atoms with Gasteiger partial charge in [0.1, 0.15) is 0 Å². The fourth-order valence-electron chi connectivity index (χ4n) is 2.25. The van der Waals surface area contributed by atoms with Gasteiger partial charge in [0.2, 0.25) is 0 Å². The maximum atomic E-state index is 11.4. The lowest BCUT2D eigenvalue weighted by molar-refractivity contribution is 0.0963. The van der Waals surface area contributed by atoms with E-state index in [2.05, 4.69) is 17.6 Å². The van der Waals surface area contributed by atoms with Gasteiger partial charge in [0.15, 0.2) is 0 Å². The molecule has 1 aromatic carbocycles. The molecule has 17 heavy (non-hydrogen) atoms. The van der Waals surface area contributed by atoms with Gasteiger partial charge in [0, 0.05) is 25.2 Å². The molecule has 1 aliphatic carbocycles. The summed E-state index contributed by atoms with van der Waals surface area (Å²) < 4.78 is 0. The Morgan fingerprint density at radius 3 is 2.47 bits per heavy atom. The standard InChI is InChI=1S/C14H20N2O/c1-10-7-13(8-10)16-9-11-3-5-12(6-4-11)14(17)15-2/h3-6,10,13,16H,7-9H2,1-2H3,(H,15,17). The molecule has 0 bridgehead atoms. The van der Waals surface area contributed by atoms with Crippen LogP contribution in [-0.4, -0.2) is 19.0 Å². The molecule has 92 valence electrons. The van der Waals surface area contributed by atoms with Gasteiger partial charge in [-0.25, -0.2) is 0 Å². The molecular weight excluding hydrogens is 212 g/mol. The second-order valence-electron chi connectivity index (χ2n) is 4.93. The molecule has 0 atom stereocenters. The third-order valence-corrected chi connectivity index (χ3v) is 3.41. The van der Waals surface area contributed by atoms with Gasteiger partial charge in [-0.1, -0.05) is 19.1 Å². The van der Waals surface area contributed by atoms with Crippen LogP contribution in [0.4, 0.5) is 0 Å². The summed E-state index contributed by atoms with van der Waals surface area (Å²) in [5.41, 5.74) is 1.95. The Hall–Kier alpha value is -1.35. The molecule has 1 saturated carbocycles. The van der Waals surface area contributed by atoms with E-state index >= 15 is 0 Å². The number of carbonyl (C=O) groups excluding carboxylic acids is 1. The second-order valence-corrected chi connectivity index (χ2v) is 4.93. The number of rotatable bonds is 4. The Morgan fingerprint density at radius 2 is 1.94 bits per heavy atom. The van der Waals surface area contributed by atoms with Crippen LogP contribution < -0.4 is 10.6 Å². The van der Waals surface area contributed by atoms with Gasteiger partial charge in [-0.2, -0.15) is 0 Å². The molecule has 0 spiro atoms. The molecule has 1 fully saturated rings. The highest BCUT2D eigenvalue weighted by Gasteiger charge is 2.24. The van der Waals surface area contributed by atoms with E-state index in [-0.39, 0.29) is 5.91 Å². The molecule has 1 amide bonds. The maximum Gasteiger partial charge on any atom is 0.251 e. The van der Waals surface area contributed by atoms with Crippen LogP contribution in [-0.2, 0) is 6.54 Å². The first-order chi connectivity index (χ1) is 8.19. The van der Waals surface area contributed by atoms with Crippen LogP contribution in [0.2, 0.25) is 0 Å². The Morgan fingerprint density at radius 1 is 1.29 bits per heavy atom. The number of amides is 1. The topological polar surface area (TPSA) is 41.1 Å². The van der Waals surface area contributed by atoms with E-state index in [0.717, 1.165) is 12.5 Å². The van der Waals surface area contributed by atoms with E-state index in [1.165, 1.54) is 18.4 Å². The quantitative estimate of drug-likeness (QED) is 0.833. The lowest BCUT2D eigenvalue weighted by Crippen LogP contribution is -2.39. The number of hydrogen-bond acceptors (Lipinski definition) is 2. The van der Waals surface area contributed by atoms with Crippen LogP contribution in [0.15, 0.2) is 24.3 Å². The van der Waals surface area contributed by atoms with Crippen molar-refractivity contribution in [2.75, 3.05) is 7.05 Å². The van der Waals surface area contributed by atoms with Gasteiger partial charge >= 0.3 is 0 Å². The Balaban J connectivity index is 1.83. The highest BCUT2D eigenvalue weighted by atomic mass is 16.1. The molecule has 0 aliphatic heterocycles. The minimum atomic E-state index is -0.0303. The molecule has 0 radical (unpaired) electrons. The summed E-state index contributed by atoms with van der Waals surface area (Å²) in [4.78, 5) is 11.4. The van der Waals surface area contributed by atoms with Gasteiger partial charge in [-0.15, -0.1) is 0 Å². The normalized spacial score (nSPS) is 22.9. The highest BCUT2D eigenvalue weighted by Crippen LogP contribution is 2.26. The molecule has 0 saturated heterocycles. The van der Waals surface area contributed by atoms with Crippen LogP contribution in [0.5, 0.6) is 0 Å². The first-order valence-electron chi connectivity index (χ1n) is 6.23. The van der Waals surface area contributed by atoms with Gasteiger partial charge in [-0.05, 0) is 36.5 Å². The van der Waals surface area contributed by atoms with E-state index in [1.807, 2.05) is 24.3 Å². The molecule has 3 heteroatoms. The highest BCUT2D eigenvalue weighted by molar-refractivity contribution is 5.93. The molecule has 0 heterocycles. The molecule has 0 aromatic heterocycles. The Kier molecular flexibility index (Phi) is 3.79. The first kappa shape index (κ1) is 12.1. The van der Waals surface area contributed by atoms with E-state index in [9.17, 15) is 4.79 Å². The number of hydrogen-bond donors (Lipinski definition) is 2. The molecule has 2 rings (SSSR count). The van der Waals surface area contributed by atoms with Crippen LogP contribution in [0.1, 0.15) is 35.7 Å². The van der Waals surface area contributed by atoms with Crippen molar-refractivity contribution in [2.24, 2.45) is 5.92 Å². The summed E-state index contributed by atoms with van der Waals surface area (Å²) in [5, 5.41) is 6.15. The predicted octanol–water partition coefficient (Wildman–Crippen LogP) is 1.93. The SMILES string of the molecule is CNC(=O)c1ccc(CNC2CC(C)C2)cc1. The van der Waals surface area contributed by atoms with Crippen molar-refractivity contribution in [3.05, 3.63) is 35.4 Å². The van der Waals surface area contributed by atoms with Gasteiger partial charge in [0.25, 0.3) is 5.91 Å². The van der Waals surface area contributed by atoms with Gasteiger partial charge in [0.05, 0.1) is 0 Å². The first-order valence-corrected chi connectivity index (χ1v) is 6.23. The third-order valence-electron chi connectivity index (χ3n) is 3.41. The number of nitrogens with one attached hydrogen (secondary N) is 2. The maximum absolute atomic E-state index is 11.4. The fraction of sp³-hybridized carbons (Fsp3) is 0.500. The van der Waals surface area contributed by atoms with E-state index in [1.54, 1.807) is 7.05 Å². The van der Waals surface area contributed by atoms with E-state index in [0.29, 0.717) is 11.6 Å². The van der Waals surface area contributed by atoms with Crippen molar-refractivity contribution in [3.8, 4) is 0 Å². The average molecular weight is 232 g/mol. The Labute approximate surface area is 103 Å². The van der Waals surface area contributed by atoms with E-state index in [4.69, 9.17) is 0 Å². The molecule has 2 N–H and O–H groups in total. The molecule has 0 unspecified atom stereocenters. The third kappa shape index (κ3) is 3.07. The summed E-state index contributed by atoms with van der Waals surface area (Å²) in [6.45, 7) is 3.18. The summed E-state index contributed by atoms with van der Waals surface area (Å²) in [7, 11) is 1.65. The van der Waals surface area contributed by atoms with Gasteiger partial charge < -0.3 is 10.6 Å². The van der Waals surface area contributed by atoms with Crippen molar-refractivity contribution in [3.63, 3.8) is 0 Å². The minimum absolute atomic E-state index is 0.0303. The second kappa shape index (κ2) is 5.32. The Bertz CT molecular complexity index is 380.